The van der Waals surface area contributed by atoms with Gasteiger partial charge in [0, 0.05) is 9.75 Å². The molecule has 7 heteroatoms. The Balaban J connectivity index is 1.92. The number of nitriles is 1. The molecule has 0 spiro atoms. The summed E-state index contributed by atoms with van der Waals surface area (Å²) in [6.45, 7) is 4.21. The Morgan fingerprint density at radius 2 is 2.30 bits per heavy atom. The van der Waals surface area contributed by atoms with Crippen LogP contribution < -0.4 is 5.32 Å². The van der Waals surface area contributed by atoms with E-state index in [-0.39, 0.29) is 12.2 Å². The number of hydrogen-bond acceptors (Lipinski definition) is 6. The van der Waals surface area contributed by atoms with E-state index >= 15 is 0 Å². The zero-order chi connectivity index (χ0) is 19.4. The van der Waals surface area contributed by atoms with Crippen LogP contribution in [0.2, 0.25) is 0 Å². The summed E-state index contributed by atoms with van der Waals surface area (Å²) in [7, 11) is 0. The van der Waals surface area contributed by atoms with E-state index in [9.17, 15) is 14.9 Å². The van der Waals surface area contributed by atoms with E-state index in [2.05, 4.69) is 12.2 Å². The highest BCUT2D eigenvalue weighted by Gasteiger charge is 2.29. The molecule has 1 amide bonds. The number of thiophene rings is 2. The molecular formula is C20H20N2O3S2. The third-order valence-corrected chi connectivity index (χ3v) is 6.40. The number of anilines is 1. The van der Waals surface area contributed by atoms with Gasteiger partial charge >= 0.3 is 5.97 Å². The second-order valence-electron chi connectivity index (χ2n) is 6.42. The number of hydrogen-bond donors (Lipinski definition) is 1. The highest BCUT2D eigenvalue weighted by Crippen LogP contribution is 2.40. The lowest BCUT2D eigenvalue weighted by atomic mass is 9.88. The Labute approximate surface area is 166 Å². The number of esters is 1. The Kier molecular flexibility index (Phi) is 6.09. The fourth-order valence-corrected chi connectivity index (χ4v) is 5.14. The Bertz CT molecular complexity index is 920. The van der Waals surface area contributed by atoms with Crippen LogP contribution in [0.5, 0.6) is 0 Å². The van der Waals surface area contributed by atoms with Gasteiger partial charge in [-0.25, -0.2) is 4.79 Å². The van der Waals surface area contributed by atoms with Gasteiger partial charge in [0.2, 0.25) is 0 Å². The number of nitrogens with one attached hydrogen (secondary N) is 1. The normalized spacial score (nSPS) is 16.3. The molecule has 0 saturated heterocycles. The number of rotatable bonds is 5. The van der Waals surface area contributed by atoms with E-state index in [0.717, 1.165) is 34.6 Å². The molecule has 0 radical (unpaired) electrons. The van der Waals surface area contributed by atoms with Gasteiger partial charge in [-0.15, -0.1) is 22.7 Å². The van der Waals surface area contributed by atoms with Crippen molar-refractivity contribution in [3.05, 3.63) is 44.0 Å². The molecule has 2 aromatic rings. The molecule has 140 valence electrons. The molecular weight excluding hydrogens is 380 g/mol. The van der Waals surface area contributed by atoms with Crippen LogP contribution in [-0.2, 0) is 22.4 Å². The molecule has 0 fully saturated rings. The second kappa shape index (κ2) is 8.51. The van der Waals surface area contributed by atoms with Crippen LogP contribution >= 0.6 is 22.7 Å². The minimum atomic E-state index is -0.511. The SMILES string of the molecule is CCOC(=O)c1c(NC(=O)/C(C#N)=C\c2cccs2)sc2c1CC[C@H](C)C2. The van der Waals surface area contributed by atoms with Crippen molar-refractivity contribution in [2.45, 2.75) is 33.1 Å². The average Bonchev–Trinajstić information content (AvgIpc) is 3.26. The van der Waals surface area contributed by atoms with Gasteiger partial charge in [-0.1, -0.05) is 13.0 Å². The van der Waals surface area contributed by atoms with Crippen molar-refractivity contribution in [1.29, 1.82) is 5.26 Å². The molecule has 0 bridgehead atoms. The first-order chi connectivity index (χ1) is 13.0. The first-order valence-electron chi connectivity index (χ1n) is 8.81. The lowest BCUT2D eigenvalue weighted by molar-refractivity contribution is -0.112. The molecule has 1 aliphatic carbocycles. The summed E-state index contributed by atoms with van der Waals surface area (Å²) in [5.74, 6) is -0.383. The van der Waals surface area contributed by atoms with Gasteiger partial charge in [-0.05, 0) is 55.2 Å². The highest BCUT2D eigenvalue weighted by molar-refractivity contribution is 7.17. The number of amides is 1. The van der Waals surface area contributed by atoms with Crippen LogP contribution in [0.15, 0.2) is 23.1 Å². The molecule has 1 N–H and O–H groups in total. The first kappa shape index (κ1) is 19.3. The lowest BCUT2D eigenvalue weighted by Crippen LogP contribution is -2.17. The number of fused-ring (bicyclic) bond motifs is 1. The maximum absolute atomic E-state index is 12.6. The van der Waals surface area contributed by atoms with Crippen molar-refractivity contribution in [2.24, 2.45) is 5.92 Å². The number of nitrogens with zero attached hydrogens (tertiary/aromatic N) is 1. The average molecular weight is 401 g/mol. The maximum Gasteiger partial charge on any atom is 0.341 e. The van der Waals surface area contributed by atoms with E-state index < -0.39 is 11.9 Å². The summed E-state index contributed by atoms with van der Waals surface area (Å²) in [4.78, 5) is 27.1. The van der Waals surface area contributed by atoms with Gasteiger partial charge in [0.25, 0.3) is 5.91 Å². The third kappa shape index (κ3) is 4.29. The zero-order valence-electron chi connectivity index (χ0n) is 15.2. The Hall–Kier alpha value is -2.43. The van der Waals surface area contributed by atoms with Crippen molar-refractivity contribution in [3.63, 3.8) is 0 Å². The second-order valence-corrected chi connectivity index (χ2v) is 8.50. The minimum absolute atomic E-state index is 0.00648. The predicted molar refractivity (Wildman–Crippen MR) is 108 cm³/mol. The number of carbonyl (C=O) groups excluding carboxylic acids is 2. The van der Waals surface area contributed by atoms with E-state index in [4.69, 9.17) is 4.74 Å². The van der Waals surface area contributed by atoms with Crippen LogP contribution in [0.1, 0.15) is 45.9 Å². The van der Waals surface area contributed by atoms with E-state index in [0.29, 0.717) is 16.5 Å². The topological polar surface area (TPSA) is 79.2 Å². The Morgan fingerprint density at radius 1 is 1.48 bits per heavy atom. The molecule has 3 rings (SSSR count). The molecule has 0 aliphatic heterocycles. The minimum Gasteiger partial charge on any atom is -0.462 e. The summed E-state index contributed by atoms with van der Waals surface area (Å²) < 4.78 is 5.21. The van der Waals surface area contributed by atoms with Crippen molar-refractivity contribution < 1.29 is 14.3 Å². The highest BCUT2D eigenvalue weighted by atomic mass is 32.1. The number of ether oxygens (including phenoxy) is 1. The molecule has 27 heavy (non-hydrogen) atoms. The van der Waals surface area contributed by atoms with Crippen molar-refractivity contribution in [3.8, 4) is 6.07 Å². The number of carbonyl (C=O) groups is 2. The summed E-state index contributed by atoms with van der Waals surface area (Å²) in [5.41, 5.74) is 1.44. The van der Waals surface area contributed by atoms with Crippen molar-refractivity contribution >= 4 is 45.6 Å². The smallest absolute Gasteiger partial charge is 0.341 e. The first-order valence-corrected chi connectivity index (χ1v) is 10.5. The molecule has 0 unspecified atom stereocenters. The largest absolute Gasteiger partial charge is 0.462 e. The summed E-state index contributed by atoms with van der Waals surface area (Å²) >= 11 is 2.87. The van der Waals surface area contributed by atoms with Crippen LogP contribution in [-0.4, -0.2) is 18.5 Å². The third-order valence-electron chi connectivity index (χ3n) is 4.41. The van der Waals surface area contributed by atoms with E-state index in [1.54, 1.807) is 13.0 Å². The molecule has 0 saturated carbocycles. The van der Waals surface area contributed by atoms with Gasteiger partial charge in [-0.2, -0.15) is 5.26 Å². The summed E-state index contributed by atoms with van der Waals surface area (Å²) in [6, 6.07) is 5.64. The lowest BCUT2D eigenvalue weighted by Gasteiger charge is -2.18. The quantitative estimate of drug-likeness (QED) is 0.450. The summed E-state index contributed by atoms with van der Waals surface area (Å²) in [6.07, 6.45) is 4.25. The van der Waals surface area contributed by atoms with Crippen LogP contribution in [0.4, 0.5) is 5.00 Å². The summed E-state index contributed by atoms with van der Waals surface area (Å²) in [5, 5.41) is 14.5. The van der Waals surface area contributed by atoms with Crippen molar-refractivity contribution in [2.75, 3.05) is 11.9 Å². The Morgan fingerprint density at radius 3 is 2.96 bits per heavy atom. The van der Waals surface area contributed by atoms with Crippen LogP contribution in [0, 0.1) is 17.2 Å². The van der Waals surface area contributed by atoms with Crippen molar-refractivity contribution in [1.82, 2.24) is 0 Å². The standard InChI is InChI=1S/C20H20N2O3S2/c1-3-25-20(24)17-15-7-6-12(2)9-16(15)27-19(17)22-18(23)13(11-21)10-14-5-4-8-26-14/h4-5,8,10,12H,3,6-7,9H2,1-2H3,(H,22,23)/b13-10-/t12-/m0/s1. The van der Waals surface area contributed by atoms with Crippen LogP contribution in [0.3, 0.4) is 0 Å². The van der Waals surface area contributed by atoms with E-state index in [1.165, 1.54) is 22.7 Å². The molecule has 1 atom stereocenters. The van der Waals surface area contributed by atoms with Gasteiger partial charge in [-0.3, -0.25) is 4.79 Å². The molecule has 5 nitrogen and oxygen atoms in total. The maximum atomic E-state index is 12.6. The fraction of sp³-hybridized carbons (Fsp3) is 0.350. The van der Waals surface area contributed by atoms with Crippen LogP contribution in [0.25, 0.3) is 6.08 Å². The van der Waals surface area contributed by atoms with Gasteiger partial charge in [0.1, 0.15) is 16.6 Å². The fourth-order valence-electron chi connectivity index (χ4n) is 3.09. The predicted octanol–water partition coefficient (Wildman–Crippen LogP) is 4.66. The molecule has 2 heterocycles. The van der Waals surface area contributed by atoms with Gasteiger partial charge in [0.05, 0.1) is 12.2 Å². The zero-order valence-corrected chi connectivity index (χ0v) is 16.8. The molecule has 0 aromatic carbocycles. The van der Waals surface area contributed by atoms with Gasteiger partial charge < -0.3 is 10.1 Å². The molecule has 2 aromatic heterocycles. The molecule has 1 aliphatic rings. The van der Waals surface area contributed by atoms with E-state index in [1.807, 2.05) is 23.6 Å². The van der Waals surface area contributed by atoms with Gasteiger partial charge in [0.15, 0.2) is 0 Å². The monoisotopic (exact) mass is 400 g/mol.